The molecule has 2 rings (SSSR count). The first-order valence-electron chi connectivity index (χ1n) is 5.30. The van der Waals surface area contributed by atoms with Crippen LogP contribution in [0.3, 0.4) is 0 Å². The second-order valence-electron chi connectivity index (χ2n) is 3.82. The van der Waals surface area contributed by atoms with Crippen molar-refractivity contribution in [3.05, 3.63) is 53.5 Å². The fourth-order valence-electron chi connectivity index (χ4n) is 1.61. The summed E-state index contributed by atoms with van der Waals surface area (Å²) in [6.45, 7) is 0. The van der Waals surface area contributed by atoms with Crippen LogP contribution in [-0.4, -0.2) is 16.1 Å². The van der Waals surface area contributed by atoms with Crippen LogP contribution in [0.1, 0.15) is 5.56 Å². The van der Waals surface area contributed by atoms with Crippen LogP contribution in [0.25, 0.3) is 11.3 Å². The lowest BCUT2D eigenvalue weighted by Crippen LogP contribution is -2.04. The van der Waals surface area contributed by atoms with Crippen molar-refractivity contribution >= 4 is 5.97 Å². The lowest BCUT2D eigenvalue weighted by Gasteiger charge is -2.05. The van der Waals surface area contributed by atoms with Gasteiger partial charge in [-0.25, -0.2) is 13.8 Å². The molecule has 0 unspecified atom stereocenters. The summed E-state index contributed by atoms with van der Waals surface area (Å²) in [7, 11) is 0. The van der Waals surface area contributed by atoms with E-state index in [2.05, 4.69) is 4.98 Å². The molecule has 0 aliphatic heterocycles. The highest BCUT2D eigenvalue weighted by molar-refractivity contribution is 5.70. The molecule has 1 N–H and O–H groups in total. The van der Waals surface area contributed by atoms with Crippen LogP contribution in [-0.2, 0) is 11.2 Å². The number of halogens is 3. The fourth-order valence-corrected chi connectivity index (χ4v) is 1.61. The van der Waals surface area contributed by atoms with E-state index in [0.717, 1.165) is 6.07 Å². The molecule has 1 aromatic heterocycles. The molecule has 0 saturated heterocycles. The largest absolute Gasteiger partial charge is 0.481 e. The smallest absolute Gasteiger partial charge is 0.307 e. The van der Waals surface area contributed by atoms with Crippen molar-refractivity contribution in [2.24, 2.45) is 0 Å². The Morgan fingerprint density at radius 2 is 1.89 bits per heavy atom. The number of pyridine rings is 1. The van der Waals surface area contributed by atoms with Crippen molar-refractivity contribution < 1.29 is 23.1 Å². The first-order chi connectivity index (χ1) is 8.99. The van der Waals surface area contributed by atoms with Crippen molar-refractivity contribution in [1.82, 2.24) is 4.98 Å². The number of hydrogen-bond donors (Lipinski definition) is 1. The van der Waals surface area contributed by atoms with Crippen LogP contribution < -0.4 is 0 Å². The van der Waals surface area contributed by atoms with Gasteiger partial charge in [0.1, 0.15) is 0 Å². The summed E-state index contributed by atoms with van der Waals surface area (Å²) in [5.41, 5.74) is -0.391. The number of aliphatic carboxylic acids is 1. The third kappa shape index (κ3) is 2.73. The van der Waals surface area contributed by atoms with Crippen molar-refractivity contribution in [1.29, 1.82) is 0 Å². The van der Waals surface area contributed by atoms with Gasteiger partial charge in [0.05, 0.1) is 12.1 Å². The Kier molecular flexibility index (Phi) is 3.50. The fraction of sp³-hybridized carbons (Fsp3) is 0.0769. The highest BCUT2D eigenvalue weighted by Gasteiger charge is 2.14. The number of aromatic nitrogens is 1. The highest BCUT2D eigenvalue weighted by atomic mass is 19.2. The van der Waals surface area contributed by atoms with E-state index in [1.54, 1.807) is 0 Å². The summed E-state index contributed by atoms with van der Waals surface area (Å²) in [5, 5.41) is 8.55. The molecule has 0 spiro atoms. The second-order valence-corrected chi connectivity index (χ2v) is 3.82. The van der Waals surface area contributed by atoms with Gasteiger partial charge in [-0.3, -0.25) is 4.79 Å². The normalized spacial score (nSPS) is 10.5. The summed E-state index contributed by atoms with van der Waals surface area (Å²) < 4.78 is 40.1. The van der Waals surface area contributed by atoms with Crippen LogP contribution in [0, 0.1) is 17.6 Å². The molecule has 19 heavy (non-hydrogen) atoms. The first-order valence-corrected chi connectivity index (χ1v) is 5.30. The maximum atomic E-state index is 13.5. The van der Waals surface area contributed by atoms with Crippen molar-refractivity contribution in [3.63, 3.8) is 0 Å². The van der Waals surface area contributed by atoms with E-state index in [4.69, 9.17) is 5.11 Å². The van der Waals surface area contributed by atoms with E-state index in [1.165, 1.54) is 24.3 Å². The Hall–Kier alpha value is -2.37. The molecule has 2 aromatic rings. The molecule has 98 valence electrons. The number of hydrogen-bond acceptors (Lipinski definition) is 2. The molecule has 0 atom stereocenters. The number of carboxylic acids is 1. The van der Waals surface area contributed by atoms with E-state index < -0.39 is 30.0 Å². The van der Waals surface area contributed by atoms with Gasteiger partial charge in [-0.15, -0.1) is 0 Å². The van der Waals surface area contributed by atoms with Gasteiger partial charge < -0.3 is 5.11 Å². The zero-order valence-electron chi connectivity index (χ0n) is 9.53. The molecule has 6 heteroatoms. The lowest BCUT2D eigenvalue weighted by molar-refractivity contribution is -0.136. The third-order valence-electron chi connectivity index (χ3n) is 2.50. The lowest BCUT2D eigenvalue weighted by atomic mass is 10.1. The summed E-state index contributed by atoms with van der Waals surface area (Å²) in [4.78, 5) is 13.9. The minimum absolute atomic E-state index is 0.0939. The van der Waals surface area contributed by atoms with E-state index in [0.29, 0.717) is 0 Å². The van der Waals surface area contributed by atoms with Crippen LogP contribution in [0.4, 0.5) is 13.2 Å². The monoisotopic (exact) mass is 267 g/mol. The Labute approximate surface area is 106 Å². The predicted octanol–water partition coefficient (Wildman–Crippen LogP) is 2.79. The SMILES string of the molecule is O=C(O)Cc1ccc(-c2cccc(F)c2F)nc1F. The summed E-state index contributed by atoms with van der Waals surface area (Å²) in [6.07, 6.45) is -0.523. The van der Waals surface area contributed by atoms with Crippen LogP contribution >= 0.6 is 0 Å². The number of carboxylic acid groups (broad SMARTS) is 1. The summed E-state index contributed by atoms with van der Waals surface area (Å²) >= 11 is 0. The van der Waals surface area contributed by atoms with E-state index in [-0.39, 0.29) is 16.8 Å². The molecule has 1 aromatic carbocycles. The number of nitrogens with zero attached hydrogens (tertiary/aromatic N) is 1. The molecule has 0 aliphatic rings. The standard InChI is InChI=1S/C13H8F3NO2/c14-9-3-1-2-8(12(9)15)10-5-4-7(6-11(18)19)13(16)17-10/h1-5H,6H2,(H,18,19). The van der Waals surface area contributed by atoms with Gasteiger partial charge in [0.2, 0.25) is 5.95 Å². The Morgan fingerprint density at radius 3 is 2.53 bits per heavy atom. The van der Waals surface area contributed by atoms with Gasteiger partial charge >= 0.3 is 5.97 Å². The number of rotatable bonds is 3. The average Bonchev–Trinajstić information content (AvgIpc) is 2.35. The van der Waals surface area contributed by atoms with Gasteiger partial charge in [-0.2, -0.15) is 4.39 Å². The Balaban J connectivity index is 2.44. The molecule has 0 amide bonds. The second kappa shape index (κ2) is 5.09. The Bertz CT molecular complexity index is 644. The van der Waals surface area contributed by atoms with Gasteiger partial charge in [-0.1, -0.05) is 12.1 Å². The third-order valence-corrected chi connectivity index (χ3v) is 2.50. The molecule has 0 saturated carbocycles. The molecule has 0 fully saturated rings. The van der Waals surface area contributed by atoms with E-state index >= 15 is 0 Å². The molecular weight excluding hydrogens is 259 g/mol. The van der Waals surface area contributed by atoms with Crippen molar-refractivity contribution in [3.8, 4) is 11.3 Å². The van der Waals surface area contributed by atoms with E-state index in [1.807, 2.05) is 0 Å². The number of benzene rings is 1. The zero-order chi connectivity index (χ0) is 14.0. The van der Waals surface area contributed by atoms with Gasteiger partial charge in [0, 0.05) is 11.1 Å². The maximum absolute atomic E-state index is 13.5. The van der Waals surface area contributed by atoms with Crippen LogP contribution in [0.5, 0.6) is 0 Å². The van der Waals surface area contributed by atoms with Gasteiger partial charge in [0.15, 0.2) is 11.6 Å². The minimum atomic E-state index is -1.20. The molecule has 0 bridgehead atoms. The molecule has 0 aliphatic carbocycles. The van der Waals surface area contributed by atoms with Crippen molar-refractivity contribution in [2.45, 2.75) is 6.42 Å². The number of carbonyl (C=O) groups is 1. The maximum Gasteiger partial charge on any atom is 0.307 e. The average molecular weight is 267 g/mol. The minimum Gasteiger partial charge on any atom is -0.481 e. The van der Waals surface area contributed by atoms with Gasteiger partial charge in [0.25, 0.3) is 0 Å². The van der Waals surface area contributed by atoms with E-state index in [9.17, 15) is 18.0 Å². The molecule has 1 heterocycles. The predicted molar refractivity (Wildman–Crippen MR) is 60.9 cm³/mol. The quantitative estimate of drug-likeness (QED) is 0.870. The highest BCUT2D eigenvalue weighted by Crippen LogP contribution is 2.23. The summed E-state index contributed by atoms with van der Waals surface area (Å²) in [6, 6.07) is 5.92. The van der Waals surface area contributed by atoms with Crippen LogP contribution in [0.2, 0.25) is 0 Å². The molecular formula is C13H8F3NO2. The van der Waals surface area contributed by atoms with Crippen LogP contribution in [0.15, 0.2) is 30.3 Å². The zero-order valence-corrected chi connectivity index (χ0v) is 9.53. The first kappa shape index (κ1) is 13.1. The van der Waals surface area contributed by atoms with Gasteiger partial charge in [-0.05, 0) is 18.2 Å². The molecule has 0 radical (unpaired) electrons. The molecule has 3 nitrogen and oxygen atoms in total. The topological polar surface area (TPSA) is 50.2 Å². The summed E-state index contributed by atoms with van der Waals surface area (Å²) in [5.74, 6) is -4.40. The Morgan fingerprint density at radius 1 is 1.16 bits per heavy atom. The van der Waals surface area contributed by atoms with Crippen molar-refractivity contribution in [2.75, 3.05) is 0 Å².